The van der Waals surface area contributed by atoms with Gasteiger partial charge in [0.15, 0.2) is 0 Å². The lowest BCUT2D eigenvalue weighted by molar-refractivity contribution is -0.138. The van der Waals surface area contributed by atoms with Gasteiger partial charge in [0.05, 0.1) is 6.42 Å². The van der Waals surface area contributed by atoms with E-state index in [1.807, 2.05) is 18.2 Å². The Morgan fingerprint density at radius 3 is 2.53 bits per heavy atom. The lowest BCUT2D eigenvalue weighted by Gasteiger charge is -2.36. The molecule has 104 valence electrons. The zero-order valence-corrected chi connectivity index (χ0v) is 11.6. The van der Waals surface area contributed by atoms with Crippen LogP contribution in [0.4, 0.5) is 0 Å². The quantitative estimate of drug-likeness (QED) is 0.886. The molecule has 1 aromatic rings. The van der Waals surface area contributed by atoms with Crippen LogP contribution in [-0.4, -0.2) is 35.1 Å². The molecule has 0 saturated carbocycles. The van der Waals surface area contributed by atoms with E-state index in [1.165, 1.54) is 18.4 Å². The number of carboxylic acids is 1. The summed E-state index contributed by atoms with van der Waals surface area (Å²) in [5.74, 6) is 0.0815. The minimum atomic E-state index is -0.695. The van der Waals surface area contributed by atoms with Gasteiger partial charge in [-0.25, -0.2) is 0 Å². The Balaban J connectivity index is 2.01. The zero-order chi connectivity index (χ0) is 13.7. The first-order valence-corrected chi connectivity index (χ1v) is 7.15. The number of hydrogen-bond donors (Lipinski definition) is 1. The van der Waals surface area contributed by atoms with Gasteiger partial charge in [-0.05, 0) is 43.8 Å². The molecule has 1 heterocycles. The predicted molar refractivity (Wildman–Crippen MR) is 76.2 cm³/mol. The van der Waals surface area contributed by atoms with E-state index in [0.29, 0.717) is 0 Å². The van der Waals surface area contributed by atoms with Crippen LogP contribution in [0.25, 0.3) is 0 Å². The number of carboxylic acid groups (broad SMARTS) is 1. The van der Waals surface area contributed by atoms with Crippen molar-refractivity contribution in [1.29, 1.82) is 0 Å². The summed E-state index contributed by atoms with van der Waals surface area (Å²) in [4.78, 5) is 13.4. The molecule has 1 N–H and O–H groups in total. The van der Waals surface area contributed by atoms with Gasteiger partial charge >= 0.3 is 5.97 Å². The maximum atomic E-state index is 11.1. The van der Waals surface area contributed by atoms with Crippen LogP contribution in [0.1, 0.15) is 31.7 Å². The van der Waals surface area contributed by atoms with Crippen LogP contribution in [0, 0.1) is 5.92 Å². The van der Waals surface area contributed by atoms with Crippen molar-refractivity contribution < 1.29 is 9.90 Å². The predicted octanol–water partition coefficient (Wildman–Crippen LogP) is 2.80. The summed E-state index contributed by atoms with van der Waals surface area (Å²) in [7, 11) is 0. The number of piperidine rings is 1. The van der Waals surface area contributed by atoms with Gasteiger partial charge in [0.25, 0.3) is 0 Å². The summed E-state index contributed by atoms with van der Waals surface area (Å²) >= 11 is 0. The average Bonchev–Trinajstić information content (AvgIpc) is 2.39. The van der Waals surface area contributed by atoms with Crippen LogP contribution >= 0.6 is 0 Å². The fourth-order valence-corrected chi connectivity index (χ4v) is 2.81. The van der Waals surface area contributed by atoms with Crippen LogP contribution in [-0.2, 0) is 11.2 Å². The van der Waals surface area contributed by atoms with Gasteiger partial charge in [-0.15, -0.1) is 0 Å². The number of benzene rings is 1. The Hall–Kier alpha value is -1.35. The number of rotatable bonds is 5. The first-order chi connectivity index (χ1) is 9.15. The van der Waals surface area contributed by atoms with E-state index in [-0.39, 0.29) is 12.5 Å². The molecule has 19 heavy (non-hydrogen) atoms. The van der Waals surface area contributed by atoms with E-state index in [0.717, 1.165) is 25.4 Å². The molecule has 1 saturated heterocycles. The highest BCUT2D eigenvalue weighted by Crippen LogP contribution is 2.21. The van der Waals surface area contributed by atoms with Crippen LogP contribution < -0.4 is 0 Å². The van der Waals surface area contributed by atoms with Gasteiger partial charge in [0.1, 0.15) is 0 Å². The normalized spacial score (nSPS) is 19.2. The molecule has 0 aliphatic carbocycles. The monoisotopic (exact) mass is 261 g/mol. The molecular weight excluding hydrogens is 238 g/mol. The number of likely N-dealkylation sites (tertiary alicyclic amines) is 1. The first kappa shape index (κ1) is 14.1. The Morgan fingerprint density at radius 2 is 1.95 bits per heavy atom. The molecule has 1 atom stereocenters. The molecule has 2 rings (SSSR count). The molecule has 1 aliphatic rings. The Labute approximate surface area is 115 Å². The highest BCUT2D eigenvalue weighted by molar-refractivity contribution is 5.67. The topological polar surface area (TPSA) is 40.5 Å². The van der Waals surface area contributed by atoms with Crippen molar-refractivity contribution in [3.63, 3.8) is 0 Å². The van der Waals surface area contributed by atoms with Crippen LogP contribution in [0.3, 0.4) is 0 Å². The van der Waals surface area contributed by atoms with Gasteiger partial charge < -0.3 is 5.11 Å². The van der Waals surface area contributed by atoms with E-state index in [4.69, 9.17) is 5.11 Å². The SMILES string of the molecule is CC1CCN(C(CC(=O)O)Cc2ccccc2)CC1. The van der Waals surface area contributed by atoms with Crippen LogP contribution in [0.5, 0.6) is 0 Å². The average molecular weight is 261 g/mol. The molecule has 1 fully saturated rings. The Kier molecular flexibility index (Phi) is 4.97. The molecule has 0 radical (unpaired) electrons. The summed E-state index contributed by atoms with van der Waals surface area (Å²) in [6, 6.07) is 10.3. The third kappa shape index (κ3) is 4.35. The fraction of sp³-hybridized carbons (Fsp3) is 0.562. The van der Waals surface area contributed by atoms with E-state index < -0.39 is 5.97 Å². The third-order valence-corrected chi connectivity index (χ3v) is 4.06. The molecule has 1 aliphatic heterocycles. The molecule has 3 heteroatoms. The van der Waals surface area contributed by atoms with Gasteiger partial charge in [-0.1, -0.05) is 37.3 Å². The van der Waals surface area contributed by atoms with Gasteiger partial charge in [-0.2, -0.15) is 0 Å². The second kappa shape index (κ2) is 6.71. The fourth-order valence-electron chi connectivity index (χ4n) is 2.81. The maximum Gasteiger partial charge on any atom is 0.304 e. The maximum absolute atomic E-state index is 11.1. The summed E-state index contributed by atoms with van der Waals surface area (Å²) in [5, 5.41) is 9.12. The second-order valence-corrected chi connectivity index (χ2v) is 5.66. The minimum Gasteiger partial charge on any atom is -0.481 e. The second-order valence-electron chi connectivity index (χ2n) is 5.66. The standard InChI is InChI=1S/C16H23NO2/c1-13-7-9-17(10-8-13)15(12-16(18)19)11-14-5-3-2-4-6-14/h2-6,13,15H,7-12H2,1H3,(H,18,19). The molecule has 1 unspecified atom stereocenters. The van der Waals surface area contributed by atoms with E-state index in [1.54, 1.807) is 0 Å². The Bertz CT molecular complexity index is 396. The molecule has 0 spiro atoms. The van der Waals surface area contributed by atoms with Gasteiger partial charge in [-0.3, -0.25) is 9.69 Å². The molecule has 0 bridgehead atoms. The highest BCUT2D eigenvalue weighted by Gasteiger charge is 2.25. The van der Waals surface area contributed by atoms with E-state index >= 15 is 0 Å². The number of hydrogen-bond acceptors (Lipinski definition) is 2. The molecule has 0 aromatic heterocycles. The lowest BCUT2D eigenvalue weighted by atomic mass is 9.95. The van der Waals surface area contributed by atoms with E-state index in [9.17, 15) is 4.79 Å². The number of carbonyl (C=O) groups is 1. The van der Waals surface area contributed by atoms with Crippen molar-refractivity contribution in [2.75, 3.05) is 13.1 Å². The van der Waals surface area contributed by atoms with Crippen molar-refractivity contribution in [1.82, 2.24) is 4.90 Å². The number of aliphatic carboxylic acids is 1. The van der Waals surface area contributed by atoms with Crippen molar-refractivity contribution >= 4 is 5.97 Å². The van der Waals surface area contributed by atoms with Crippen molar-refractivity contribution in [2.24, 2.45) is 5.92 Å². The summed E-state index contributed by atoms with van der Waals surface area (Å²) < 4.78 is 0. The minimum absolute atomic E-state index is 0.132. The van der Waals surface area contributed by atoms with Gasteiger partial charge in [0.2, 0.25) is 0 Å². The summed E-state index contributed by atoms with van der Waals surface area (Å²) in [5.41, 5.74) is 1.23. The Morgan fingerprint density at radius 1 is 1.32 bits per heavy atom. The third-order valence-electron chi connectivity index (χ3n) is 4.06. The molecule has 1 aromatic carbocycles. The molecule has 0 amide bonds. The van der Waals surface area contributed by atoms with E-state index in [2.05, 4.69) is 24.0 Å². The lowest BCUT2D eigenvalue weighted by Crippen LogP contribution is -2.43. The first-order valence-electron chi connectivity index (χ1n) is 7.15. The van der Waals surface area contributed by atoms with Gasteiger partial charge in [0, 0.05) is 6.04 Å². The molecular formula is C16H23NO2. The van der Waals surface area contributed by atoms with Crippen molar-refractivity contribution in [3.05, 3.63) is 35.9 Å². The molecule has 3 nitrogen and oxygen atoms in total. The van der Waals surface area contributed by atoms with Crippen LogP contribution in [0.2, 0.25) is 0 Å². The van der Waals surface area contributed by atoms with Crippen LogP contribution in [0.15, 0.2) is 30.3 Å². The largest absolute Gasteiger partial charge is 0.481 e. The summed E-state index contributed by atoms with van der Waals surface area (Å²) in [6.07, 6.45) is 3.45. The van der Waals surface area contributed by atoms with Crippen molar-refractivity contribution in [2.45, 2.75) is 38.6 Å². The summed E-state index contributed by atoms with van der Waals surface area (Å²) in [6.45, 7) is 4.35. The highest BCUT2D eigenvalue weighted by atomic mass is 16.4. The number of nitrogens with zero attached hydrogens (tertiary/aromatic N) is 1. The smallest absolute Gasteiger partial charge is 0.304 e. The zero-order valence-electron chi connectivity index (χ0n) is 11.6. The van der Waals surface area contributed by atoms with Crippen molar-refractivity contribution in [3.8, 4) is 0 Å².